The zero-order valence-corrected chi connectivity index (χ0v) is 14.8. The maximum absolute atomic E-state index is 5.22. The molecular formula is C23H22N2O. The highest BCUT2D eigenvalue weighted by molar-refractivity contribution is 5.90. The Bertz CT molecular complexity index is 988. The number of hydrogen-bond acceptors (Lipinski definition) is 2. The van der Waals surface area contributed by atoms with E-state index >= 15 is 0 Å². The van der Waals surface area contributed by atoms with E-state index in [-0.39, 0.29) is 0 Å². The first-order chi connectivity index (χ1) is 12.8. The fourth-order valence-electron chi connectivity index (χ4n) is 3.31. The normalized spacial score (nSPS) is 11.0. The van der Waals surface area contributed by atoms with Crippen molar-refractivity contribution in [2.24, 2.45) is 0 Å². The number of para-hydroxylation sites is 1. The van der Waals surface area contributed by atoms with E-state index in [4.69, 9.17) is 4.74 Å². The molecule has 3 heteroatoms. The van der Waals surface area contributed by atoms with Gasteiger partial charge in [0.25, 0.3) is 0 Å². The van der Waals surface area contributed by atoms with Crippen molar-refractivity contribution in [1.29, 1.82) is 0 Å². The Morgan fingerprint density at radius 1 is 0.808 bits per heavy atom. The number of aromatic nitrogens is 1. The lowest BCUT2D eigenvalue weighted by atomic mass is 10.1. The summed E-state index contributed by atoms with van der Waals surface area (Å²) >= 11 is 0. The standard InChI is InChI=1S/C23H22N2O/c1-26-19-13-11-17(12-14-19)15-24-16-21-20-9-5-6-10-22(20)25-23(21)18-7-3-2-4-8-18/h2-14,24-25H,15-16H2,1H3. The Labute approximate surface area is 153 Å². The molecule has 2 N–H and O–H groups in total. The van der Waals surface area contributed by atoms with Crippen LogP contribution in [0.25, 0.3) is 22.2 Å². The molecule has 0 amide bonds. The number of ether oxygens (including phenoxy) is 1. The fraction of sp³-hybridized carbons (Fsp3) is 0.130. The molecule has 0 atom stereocenters. The predicted molar refractivity (Wildman–Crippen MR) is 107 cm³/mol. The maximum Gasteiger partial charge on any atom is 0.118 e. The quantitative estimate of drug-likeness (QED) is 0.509. The number of fused-ring (bicyclic) bond motifs is 1. The van der Waals surface area contributed by atoms with Gasteiger partial charge in [0, 0.05) is 24.0 Å². The van der Waals surface area contributed by atoms with Crippen molar-refractivity contribution in [3.63, 3.8) is 0 Å². The average Bonchev–Trinajstić information content (AvgIpc) is 3.08. The van der Waals surface area contributed by atoms with Crippen LogP contribution in [0.15, 0.2) is 78.9 Å². The van der Waals surface area contributed by atoms with E-state index in [2.05, 4.69) is 71.0 Å². The summed E-state index contributed by atoms with van der Waals surface area (Å²) in [7, 11) is 1.69. The van der Waals surface area contributed by atoms with Gasteiger partial charge in [-0.3, -0.25) is 0 Å². The molecule has 1 heterocycles. The van der Waals surface area contributed by atoms with E-state index in [1.54, 1.807) is 7.11 Å². The number of nitrogens with one attached hydrogen (secondary N) is 2. The third-order valence-corrected chi connectivity index (χ3v) is 4.67. The molecular weight excluding hydrogens is 320 g/mol. The van der Waals surface area contributed by atoms with Crippen LogP contribution in [0.2, 0.25) is 0 Å². The van der Waals surface area contributed by atoms with E-state index in [1.807, 2.05) is 18.2 Å². The maximum atomic E-state index is 5.22. The van der Waals surface area contributed by atoms with Gasteiger partial charge in [-0.15, -0.1) is 0 Å². The van der Waals surface area contributed by atoms with Crippen LogP contribution in [0, 0.1) is 0 Å². The predicted octanol–water partition coefficient (Wildman–Crippen LogP) is 5.13. The van der Waals surface area contributed by atoms with E-state index in [0.29, 0.717) is 0 Å². The lowest BCUT2D eigenvalue weighted by Gasteiger charge is -2.08. The molecule has 4 rings (SSSR count). The number of H-pyrrole nitrogens is 1. The van der Waals surface area contributed by atoms with Crippen molar-refractivity contribution < 1.29 is 4.74 Å². The number of rotatable bonds is 6. The van der Waals surface area contributed by atoms with Crippen LogP contribution in [0.5, 0.6) is 5.75 Å². The first-order valence-corrected chi connectivity index (χ1v) is 8.84. The van der Waals surface area contributed by atoms with Gasteiger partial charge in [0.1, 0.15) is 5.75 Å². The highest BCUT2D eigenvalue weighted by Gasteiger charge is 2.12. The Kier molecular flexibility index (Phi) is 4.71. The fourth-order valence-corrected chi connectivity index (χ4v) is 3.31. The summed E-state index contributed by atoms with van der Waals surface area (Å²) in [6.07, 6.45) is 0. The zero-order chi connectivity index (χ0) is 17.8. The van der Waals surface area contributed by atoms with E-state index in [0.717, 1.165) is 18.8 Å². The number of aromatic amines is 1. The minimum absolute atomic E-state index is 0.806. The highest BCUT2D eigenvalue weighted by atomic mass is 16.5. The van der Waals surface area contributed by atoms with Crippen LogP contribution in [-0.2, 0) is 13.1 Å². The van der Waals surface area contributed by atoms with Gasteiger partial charge >= 0.3 is 0 Å². The van der Waals surface area contributed by atoms with E-state index in [9.17, 15) is 0 Å². The van der Waals surface area contributed by atoms with E-state index < -0.39 is 0 Å². The Morgan fingerprint density at radius 2 is 1.54 bits per heavy atom. The second kappa shape index (κ2) is 7.46. The molecule has 0 fully saturated rings. The second-order valence-electron chi connectivity index (χ2n) is 6.34. The first kappa shape index (κ1) is 16.4. The van der Waals surface area contributed by atoms with Crippen LogP contribution in [0.4, 0.5) is 0 Å². The van der Waals surface area contributed by atoms with Crippen LogP contribution in [0.1, 0.15) is 11.1 Å². The summed E-state index contributed by atoms with van der Waals surface area (Å²) in [5, 5.41) is 4.85. The van der Waals surface area contributed by atoms with Crippen molar-refractivity contribution in [3.8, 4) is 17.0 Å². The lowest BCUT2D eigenvalue weighted by Crippen LogP contribution is -2.13. The van der Waals surface area contributed by atoms with Crippen LogP contribution in [-0.4, -0.2) is 12.1 Å². The first-order valence-electron chi connectivity index (χ1n) is 8.84. The van der Waals surface area contributed by atoms with Crippen molar-refractivity contribution >= 4 is 10.9 Å². The molecule has 0 spiro atoms. The van der Waals surface area contributed by atoms with Gasteiger partial charge in [0.05, 0.1) is 12.8 Å². The van der Waals surface area contributed by atoms with Gasteiger partial charge in [-0.1, -0.05) is 60.7 Å². The smallest absolute Gasteiger partial charge is 0.118 e. The van der Waals surface area contributed by atoms with Gasteiger partial charge < -0.3 is 15.0 Å². The van der Waals surface area contributed by atoms with Gasteiger partial charge in [0.2, 0.25) is 0 Å². The number of methoxy groups -OCH3 is 1. The van der Waals surface area contributed by atoms with E-state index in [1.165, 1.54) is 33.3 Å². The molecule has 0 radical (unpaired) electrons. The molecule has 1 aromatic heterocycles. The van der Waals surface area contributed by atoms with Gasteiger partial charge in [0.15, 0.2) is 0 Å². The van der Waals surface area contributed by atoms with Gasteiger partial charge in [-0.05, 0) is 34.9 Å². The Balaban J connectivity index is 1.58. The number of benzene rings is 3. The SMILES string of the molecule is COc1ccc(CNCc2c(-c3ccccc3)[nH]c3ccccc23)cc1. The molecule has 26 heavy (non-hydrogen) atoms. The molecule has 0 aliphatic carbocycles. The van der Waals surface area contributed by atoms with Crippen molar-refractivity contribution in [3.05, 3.63) is 90.0 Å². The summed E-state index contributed by atoms with van der Waals surface area (Å²) in [6, 6.07) is 27.2. The lowest BCUT2D eigenvalue weighted by molar-refractivity contribution is 0.414. The topological polar surface area (TPSA) is 37.0 Å². The van der Waals surface area contributed by atoms with Crippen LogP contribution >= 0.6 is 0 Å². The largest absolute Gasteiger partial charge is 0.497 e. The number of hydrogen-bond donors (Lipinski definition) is 2. The Morgan fingerprint density at radius 3 is 2.31 bits per heavy atom. The van der Waals surface area contributed by atoms with Gasteiger partial charge in [-0.25, -0.2) is 0 Å². The molecule has 3 aromatic carbocycles. The van der Waals surface area contributed by atoms with Crippen LogP contribution in [0.3, 0.4) is 0 Å². The molecule has 0 bridgehead atoms. The molecule has 0 saturated carbocycles. The summed E-state index contributed by atoms with van der Waals surface area (Å²) in [5.74, 6) is 0.886. The van der Waals surface area contributed by atoms with Crippen molar-refractivity contribution in [1.82, 2.24) is 10.3 Å². The minimum Gasteiger partial charge on any atom is -0.497 e. The summed E-state index contributed by atoms with van der Waals surface area (Å²) in [6.45, 7) is 1.62. The van der Waals surface area contributed by atoms with Gasteiger partial charge in [-0.2, -0.15) is 0 Å². The Hall–Kier alpha value is -3.04. The van der Waals surface area contributed by atoms with Crippen molar-refractivity contribution in [2.75, 3.05) is 7.11 Å². The molecule has 0 aliphatic rings. The zero-order valence-electron chi connectivity index (χ0n) is 14.8. The third kappa shape index (κ3) is 3.35. The highest BCUT2D eigenvalue weighted by Crippen LogP contribution is 2.30. The van der Waals surface area contributed by atoms with Crippen LogP contribution < -0.4 is 10.1 Å². The molecule has 130 valence electrons. The molecule has 4 aromatic rings. The molecule has 3 nitrogen and oxygen atoms in total. The second-order valence-corrected chi connectivity index (χ2v) is 6.34. The third-order valence-electron chi connectivity index (χ3n) is 4.67. The average molecular weight is 342 g/mol. The molecule has 0 saturated heterocycles. The summed E-state index contributed by atoms with van der Waals surface area (Å²) in [4.78, 5) is 3.59. The molecule has 0 aliphatic heterocycles. The molecule has 0 unspecified atom stereocenters. The summed E-state index contributed by atoms with van der Waals surface area (Å²) in [5.41, 5.74) is 6.12. The minimum atomic E-state index is 0.806. The summed E-state index contributed by atoms with van der Waals surface area (Å²) < 4.78 is 5.22. The monoisotopic (exact) mass is 342 g/mol. The van der Waals surface area contributed by atoms with Crippen molar-refractivity contribution in [2.45, 2.75) is 13.1 Å².